The maximum atomic E-state index is 12.8. The fourth-order valence-corrected chi connectivity index (χ4v) is 3.20. The van der Waals surface area contributed by atoms with Gasteiger partial charge in [-0.2, -0.15) is 13.2 Å². The molecule has 1 atom stereocenters. The van der Waals surface area contributed by atoms with Crippen LogP contribution >= 0.6 is 15.9 Å². The molecule has 19 heavy (non-hydrogen) atoms. The molecular weight excluding hydrogens is 319 g/mol. The molecule has 5 heteroatoms. The van der Waals surface area contributed by atoms with Crippen LogP contribution in [0.5, 0.6) is 0 Å². The van der Waals surface area contributed by atoms with E-state index in [0.29, 0.717) is 11.5 Å². The Kier molecular flexibility index (Phi) is 4.56. The molecule has 0 spiro atoms. The average Bonchev–Trinajstić information content (AvgIpc) is 2.80. The highest BCUT2D eigenvalue weighted by molar-refractivity contribution is 9.10. The van der Waals surface area contributed by atoms with Gasteiger partial charge in [-0.1, -0.05) is 47.7 Å². The summed E-state index contributed by atoms with van der Waals surface area (Å²) >= 11 is 2.94. The summed E-state index contributed by atoms with van der Waals surface area (Å²) in [5.41, 5.74) is 5.98. The SMILES string of the molecule is NC(CC1CCCC1)c1ccc(Br)c(C(F)(F)F)c1. The van der Waals surface area contributed by atoms with Crippen molar-refractivity contribution in [3.05, 3.63) is 33.8 Å². The van der Waals surface area contributed by atoms with Crippen LogP contribution in [0.2, 0.25) is 0 Å². The summed E-state index contributed by atoms with van der Waals surface area (Å²) in [5.74, 6) is 0.563. The molecule has 0 radical (unpaired) electrons. The first-order valence-corrected chi connectivity index (χ1v) is 7.29. The van der Waals surface area contributed by atoms with Gasteiger partial charge >= 0.3 is 6.18 Å². The normalized spacial score (nSPS) is 18.8. The Morgan fingerprint density at radius 2 is 1.89 bits per heavy atom. The molecule has 1 aliphatic rings. The molecular formula is C14H17BrF3N. The second kappa shape index (κ2) is 5.83. The van der Waals surface area contributed by atoms with Gasteiger partial charge in [-0.05, 0) is 30.0 Å². The van der Waals surface area contributed by atoms with Crippen LogP contribution in [0, 0.1) is 5.92 Å². The molecule has 0 bridgehead atoms. The molecule has 0 amide bonds. The predicted octanol–water partition coefficient (Wildman–Crippen LogP) is 5.05. The number of benzene rings is 1. The third kappa shape index (κ3) is 3.72. The largest absolute Gasteiger partial charge is 0.417 e. The van der Waals surface area contributed by atoms with Crippen molar-refractivity contribution in [2.75, 3.05) is 0 Å². The van der Waals surface area contributed by atoms with Crippen molar-refractivity contribution in [3.8, 4) is 0 Å². The van der Waals surface area contributed by atoms with Gasteiger partial charge in [-0.15, -0.1) is 0 Å². The van der Waals surface area contributed by atoms with E-state index in [-0.39, 0.29) is 10.5 Å². The van der Waals surface area contributed by atoms with Crippen LogP contribution in [0.25, 0.3) is 0 Å². The molecule has 0 heterocycles. The minimum Gasteiger partial charge on any atom is -0.324 e. The Hall–Kier alpha value is -0.550. The van der Waals surface area contributed by atoms with Gasteiger partial charge in [0.05, 0.1) is 5.56 Å². The summed E-state index contributed by atoms with van der Waals surface area (Å²) in [6.07, 6.45) is 1.16. The van der Waals surface area contributed by atoms with Gasteiger partial charge in [0, 0.05) is 10.5 Å². The first-order valence-electron chi connectivity index (χ1n) is 6.50. The van der Waals surface area contributed by atoms with Gasteiger partial charge in [-0.3, -0.25) is 0 Å². The quantitative estimate of drug-likeness (QED) is 0.821. The molecule has 0 aliphatic heterocycles. The van der Waals surface area contributed by atoms with E-state index in [2.05, 4.69) is 15.9 Å². The van der Waals surface area contributed by atoms with E-state index in [1.165, 1.54) is 25.0 Å². The van der Waals surface area contributed by atoms with E-state index >= 15 is 0 Å². The number of halogens is 4. The molecule has 1 aromatic carbocycles. The lowest BCUT2D eigenvalue weighted by atomic mass is 9.93. The lowest BCUT2D eigenvalue weighted by Crippen LogP contribution is -2.16. The Morgan fingerprint density at radius 1 is 1.26 bits per heavy atom. The maximum Gasteiger partial charge on any atom is 0.417 e. The van der Waals surface area contributed by atoms with E-state index in [4.69, 9.17) is 5.73 Å². The van der Waals surface area contributed by atoms with Crippen molar-refractivity contribution in [3.63, 3.8) is 0 Å². The van der Waals surface area contributed by atoms with Crippen LogP contribution in [-0.2, 0) is 6.18 Å². The molecule has 2 rings (SSSR count). The van der Waals surface area contributed by atoms with E-state index in [0.717, 1.165) is 19.3 Å². The number of hydrogen-bond acceptors (Lipinski definition) is 1. The van der Waals surface area contributed by atoms with Crippen LogP contribution in [0.15, 0.2) is 22.7 Å². The molecule has 1 nitrogen and oxygen atoms in total. The third-order valence-corrected chi connectivity index (χ3v) is 4.48. The van der Waals surface area contributed by atoms with Crippen molar-refractivity contribution in [1.29, 1.82) is 0 Å². The van der Waals surface area contributed by atoms with E-state index in [9.17, 15) is 13.2 Å². The minimum atomic E-state index is -4.35. The van der Waals surface area contributed by atoms with Gasteiger partial charge < -0.3 is 5.73 Å². The van der Waals surface area contributed by atoms with Gasteiger partial charge in [0.2, 0.25) is 0 Å². The number of hydrogen-bond donors (Lipinski definition) is 1. The van der Waals surface area contributed by atoms with E-state index in [1.54, 1.807) is 6.07 Å². The highest BCUT2D eigenvalue weighted by atomic mass is 79.9. The van der Waals surface area contributed by atoms with Crippen LogP contribution in [0.3, 0.4) is 0 Å². The van der Waals surface area contributed by atoms with Crippen LogP contribution in [-0.4, -0.2) is 0 Å². The minimum absolute atomic E-state index is 0.0665. The van der Waals surface area contributed by atoms with Gasteiger partial charge in [0.1, 0.15) is 0 Å². The van der Waals surface area contributed by atoms with Gasteiger partial charge in [-0.25, -0.2) is 0 Å². The highest BCUT2D eigenvalue weighted by Crippen LogP contribution is 2.37. The molecule has 1 fully saturated rings. The summed E-state index contributed by atoms with van der Waals surface area (Å²) in [6.45, 7) is 0. The lowest BCUT2D eigenvalue weighted by Gasteiger charge is -2.18. The number of nitrogens with two attached hydrogens (primary N) is 1. The van der Waals surface area contributed by atoms with Crippen molar-refractivity contribution >= 4 is 15.9 Å². The third-order valence-electron chi connectivity index (χ3n) is 3.79. The molecule has 1 unspecified atom stereocenters. The first-order chi connectivity index (χ1) is 8.88. The topological polar surface area (TPSA) is 26.0 Å². The Bertz CT molecular complexity index is 439. The molecule has 2 N–H and O–H groups in total. The summed E-state index contributed by atoms with van der Waals surface area (Å²) in [7, 11) is 0. The lowest BCUT2D eigenvalue weighted by molar-refractivity contribution is -0.138. The summed E-state index contributed by atoms with van der Waals surface area (Å²) in [4.78, 5) is 0. The second-order valence-electron chi connectivity index (χ2n) is 5.23. The molecule has 1 saturated carbocycles. The average molecular weight is 336 g/mol. The van der Waals surface area contributed by atoms with Crippen molar-refractivity contribution in [1.82, 2.24) is 0 Å². The molecule has 106 valence electrons. The summed E-state index contributed by atoms with van der Waals surface area (Å²) in [5, 5.41) is 0. The molecule has 0 aromatic heterocycles. The van der Waals surface area contributed by atoms with Gasteiger partial charge in [0.25, 0.3) is 0 Å². The smallest absolute Gasteiger partial charge is 0.324 e. The molecule has 1 aliphatic carbocycles. The van der Waals surface area contributed by atoms with E-state index < -0.39 is 11.7 Å². The van der Waals surface area contributed by atoms with Gasteiger partial charge in [0.15, 0.2) is 0 Å². The Balaban J connectivity index is 2.15. The van der Waals surface area contributed by atoms with E-state index in [1.807, 2.05) is 0 Å². The van der Waals surface area contributed by atoms with Crippen LogP contribution in [0.1, 0.15) is 49.3 Å². The Morgan fingerprint density at radius 3 is 2.47 bits per heavy atom. The van der Waals surface area contributed by atoms with Crippen molar-refractivity contribution in [2.45, 2.75) is 44.3 Å². The fourth-order valence-electron chi connectivity index (χ4n) is 2.73. The molecule has 1 aromatic rings. The highest BCUT2D eigenvalue weighted by Gasteiger charge is 2.33. The summed E-state index contributed by atoms with van der Waals surface area (Å²) in [6, 6.07) is 3.98. The summed E-state index contributed by atoms with van der Waals surface area (Å²) < 4.78 is 38.5. The zero-order valence-electron chi connectivity index (χ0n) is 10.5. The maximum absolute atomic E-state index is 12.8. The zero-order chi connectivity index (χ0) is 14.0. The fraction of sp³-hybridized carbons (Fsp3) is 0.571. The Labute approximate surface area is 119 Å². The zero-order valence-corrected chi connectivity index (χ0v) is 12.1. The standard InChI is InChI=1S/C14H17BrF3N/c15-12-6-5-10(8-11(12)14(16,17)18)13(19)7-9-3-1-2-4-9/h5-6,8-9,13H,1-4,7,19H2. The monoisotopic (exact) mass is 335 g/mol. The predicted molar refractivity (Wildman–Crippen MR) is 72.6 cm³/mol. The molecule has 0 saturated heterocycles. The number of alkyl halides is 3. The first kappa shape index (κ1) is 14.9. The van der Waals surface area contributed by atoms with Crippen molar-refractivity contribution < 1.29 is 13.2 Å². The van der Waals surface area contributed by atoms with Crippen LogP contribution < -0.4 is 5.73 Å². The second-order valence-corrected chi connectivity index (χ2v) is 6.08. The van der Waals surface area contributed by atoms with Crippen molar-refractivity contribution in [2.24, 2.45) is 11.7 Å². The number of rotatable bonds is 3. The van der Waals surface area contributed by atoms with Crippen LogP contribution in [0.4, 0.5) is 13.2 Å².